The minimum absolute atomic E-state index is 1.02. The Labute approximate surface area is 342 Å². The fourth-order valence-corrected chi connectivity index (χ4v) is 9.57. The summed E-state index contributed by atoms with van der Waals surface area (Å²) in [6.45, 7) is 22.9. The third-order valence-electron chi connectivity index (χ3n) is 10.8. The van der Waals surface area contributed by atoms with E-state index >= 15 is 0 Å². The molecule has 0 fully saturated rings. The molecule has 1 aliphatic rings. The van der Waals surface area contributed by atoms with Crippen LogP contribution in [-0.4, -0.2) is 4.70 Å². The molecule has 2 aromatic rings. The summed E-state index contributed by atoms with van der Waals surface area (Å²) in [4.78, 5) is 0. The Kier molecular flexibility index (Phi) is 25.3. The molecule has 3 heteroatoms. The summed E-state index contributed by atoms with van der Waals surface area (Å²) in [6, 6.07) is 9.84. The first-order valence-electron chi connectivity index (χ1n) is 23.1. The SMILES string of the molecule is CCCCCC1=C(c2cc(CCC)c(CCC)c(CCC)c2)[N+](=[N-])C(c2cc(CCC)c(CCC)c(CCC)c2)=C1CCCC.CCC[CH2][Ni][CH2]CCC. The van der Waals surface area contributed by atoms with E-state index < -0.39 is 0 Å². The van der Waals surface area contributed by atoms with Gasteiger partial charge in [0.25, 0.3) is 0 Å². The van der Waals surface area contributed by atoms with Gasteiger partial charge < -0.3 is 5.53 Å². The molecule has 0 radical (unpaired) electrons. The van der Waals surface area contributed by atoms with Crippen molar-refractivity contribution in [3.8, 4) is 0 Å². The van der Waals surface area contributed by atoms with Gasteiger partial charge in [-0.25, -0.2) is 4.70 Å². The molecule has 54 heavy (non-hydrogen) atoms. The van der Waals surface area contributed by atoms with E-state index in [1.54, 1.807) is 15.8 Å². The van der Waals surface area contributed by atoms with E-state index in [0.717, 1.165) is 101 Å². The van der Waals surface area contributed by atoms with E-state index in [1.807, 2.05) is 14.4 Å². The second-order valence-corrected chi connectivity index (χ2v) is 17.2. The monoisotopic (exact) mass is 783 g/mol. The number of benzene rings is 2. The number of unbranched alkanes of at least 4 members (excludes halogenated alkanes) is 5. The third kappa shape index (κ3) is 14.5. The summed E-state index contributed by atoms with van der Waals surface area (Å²) >= 11 is 1.94. The molecule has 2 aromatic carbocycles. The van der Waals surface area contributed by atoms with Crippen LogP contribution in [0.5, 0.6) is 0 Å². The van der Waals surface area contributed by atoms with Crippen LogP contribution in [0.3, 0.4) is 0 Å². The molecule has 308 valence electrons. The van der Waals surface area contributed by atoms with Crippen molar-refractivity contribution in [2.75, 3.05) is 0 Å². The summed E-state index contributed by atoms with van der Waals surface area (Å²) in [5.41, 5.74) is 29.0. The molecule has 0 amide bonds. The number of nitrogens with zero attached hydrogens (tertiary/aromatic N) is 2. The summed E-state index contributed by atoms with van der Waals surface area (Å²) in [5, 5.41) is 2.78. The molecule has 3 rings (SSSR count). The fourth-order valence-electron chi connectivity index (χ4n) is 8.13. The van der Waals surface area contributed by atoms with Gasteiger partial charge in [-0.3, -0.25) is 0 Å². The van der Waals surface area contributed by atoms with Crippen molar-refractivity contribution in [3.63, 3.8) is 0 Å². The molecule has 0 unspecified atom stereocenters. The number of hydrogen-bond donors (Lipinski definition) is 0. The third-order valence-corrected chi connectivity index (χ3v) is 12.2. The average Bonchev–Trinajstić information content (AvgIpc) is 3.44. The van der Waals surface area contributed by atoms with Crippen molar-refractivity contribution in [2.24, 2.45) is 0 Å². The van der Waals surface area contributed by atoms with Crippen LogP contribution in [0.25, 0.3) is 16.9 Å². The summed E-state index contributed by atoms with van der Waals surface area (Å²) < 4.78 is 1.66. The molecule has 0 bridgehead atoms. The van der Waals surface area contributed by atoms with E-state index in [4.69, 9.17) is 0 Å². The van der Waals surface area contributed by atoms with Gasteiger partial charge in [0, 0.05) is 22.3 Å². The maximum atomic E-state index is 12.5. The molecular weight excluding hydrogens is 699 g/mol. The van der Waals surface area contributed by atoms with Gasteiger partial charge in [-0.2, -0.15) is 0 Å². The number of aryl methyl sites for hydroxylation is 4. The van der Waals surface area contributed by atoms with E-state index in [-0.39, 0.29) is 0 Å². The molecule has 1 heterocycles. The Morgan fingerprint density at radius 2 is 0.722 bits per heavy atom. The molecule has 1 aliphatic heterocycles. The Bertz CT molecular complexity index is 1380. The van der Waals surface area contributed by atoms with E-state index in [1.165, 1.54) is 113 Å². The summed E-state index contributed by atoms with van der Waals surface area (Å²) in [7, 11) is 0. The zero-order chi connectivity index (χ0) is 39.7. The molecule has 0 atom stereocenters. The Balaban J connectivity index is 0.000000990. The van der Waals surface area contributed by atoms with Gasteiger partial charge in [-0.15, -0.1) is 0 Å². The molecular formula is C51H84N2Ni. The van der Waals surface area contributed by atoms with Crippen LogP contribution in [0.4, 0.5) is 0 Å². The Morgan fingerprint density at radius 3 is 1.04 bits per heavy atom. The van der Waals surface area contributed by atoms with Crippen LogP contribution in [0.1, 0.15) is 223 Å². The topological polar surface area (TPSA) is 25.3 Å². The van der Waals surface area contributed by atoms with Crippen molar-refractivity contribution >= 4 is 11.4 Å². The van der Waals surface area contributed by atoms with Crippen molar-refractivity contribution in [1.82, 2.24) is 0 Å². The predicted octanol–water partition coefficient (Wildman–Crippen LogP) is 16.8. The van der Waals surface area contributed by atoms with E-state index in [0.29, 0.717) is 0 Å². The van der Waals surface area contributed by atoms with Crippen molar-refractivity contribution in [1.29, 1.82) is 0 Å². The van der Waals surface area contributed by atoms with Crippen LogP contribution in [0.2, 0.25) is 10.8 Å². The molecule has 0 aliphatic carbocycles. The molecule has 0 N–H and O–H groups in total. The zero-order valence-corrected chi connectivity index (χ0v) is 38.2. The molecule has 0 aromatic heterocycles. The fraction of sp³-hybridized carbons (Fsp3) is 0.686. The van der Waals surface area contributed by atoms with Gasteiger partial charge >= 0.3 is 64.8 Å². The first kappa shape index (κ1) is 48.2. The Hall–Kier alpha value is -1.99. The quantitative estimate of drug-likeness (QED) is 0.0490. The number of allylic oxidation sites excluding steroid dienone is 2. The molecule has 0 saturated carbocycles. The van der Waals surface area contributed by atoms with Gasteiger partial charge in [0.1, 0.15) is 0 Å². The molecule has 2 nitrogen and oxygen atoms in total. The first-order valence-corrected chi connectivity index (χ1v) is 24.5. The molecule has 0 spiro atoms. The normalized spacial score (nSPS) is 13.0. The van der Waals surface area contributed by atoms with Crippen LogP contribution in [0.15, 0.2) is 35.4 Å². The second kappa shape index (κ2) is 28.4. The van der Waals surface area contributed by atoms with Crippen LogP contribution in [0, 0.1) is 0 Å². The summed E-state index contributed by atoms with van der Waals surface area (Å²) in [5.74, 6) is 0. The van der Waals surface area contributed by atoms with Crippen LogP contribution < -0.4 is 0 Å². The molecule has 0 saturated heterocycles. The van der Waals surface area contributed by atoms with Gasteiger partial charge in [-0.05, 0) is 122 Å². The number of rotatable bonds is 27. The Morgan fingerprint density at radius 1 is 0.389 bits per heavy atom. The zero-order valence-electron chi connectivity index (χ0n) is 37.2. The van der Waals surface area contributed by atoms with Crippen molar-refractivity contribution in [3.05, 3.63) is 85.5 Å². The second-order valence-electron chi connectivity index (χ2n) is 15.8. The number of hydrogen-bond acceptors (Lipinski definition) is 0. The summed E-state index contributed by atoms with van der Waals surface area (Å²) in [6.07, 6.45) is 27.1. The van der Waals surface area contributed by atoms with Gasteiger partial charge in [0.15, 0.2) is 0 Å². The van der Waals surface area contributed by atoms with Gasteiger partial charge in [0.2, 0.25) is 11.4 Å². The van der Waals surface area contributed by atoms with E-state index in [9.17, 15) is 5.53 Å². The minimum atomic E-state index is 1.02. The van der Waals surface area contributed by atoms with Crippen LogP contribution >= 0.6 is 0 Å². The maximum absolute atomic E-state index is 12.5. The van der Waals surface area contributed by atoms with Crippen molar-refractivity contribution in [2.45, 2.75) is 228 Å². The van der Waals surface area contributed by atoms with E-state index in [2.05, 4.69) is 93.5 Å². The average molecular weight is 784 g/mol. The first-order chi connectivity index (χ1) is 26.3. The van der Waals surface area contributed by atoms with Gasteiger partial charge in [-0.1, -0.05) is 113 Å². The predicted molar refractivity (Wildman–Crippen MR) is 237 cm³/mol. The standard InChI is InChI=1S/C43H66N2.2C4H9.Ni/c1-9-17-19-27-41-40(26-18-10-2)42(36-28-32(20-11-3)38(24-15-7)33(29-36)21-12-4)45(44)43(41)37-30-34(22-13-5)39(25-16-8)35(31-37)23-14-6;2*1-3-4-2;/h28-31H,9-27H2,1-8H3;2*1,3-4H2,2H3;. The van der Waals surface area contributed by atoms with Crippen molar-refractivity contribution < 1.29 is 19.1 Å². The van der Waals surface area contributed by atoms with Gasteiger partial charge in [0.05, 0.1) is 0 Å². The van der Waals surface area contributed by atoms with Crippen LogP contribution in [-0.2, 0) is 53.0 Å².